The molecule has 0 bridgehead atoms. The van der Waals surface area contributed by atoms with Crippen LogP contribution >= 0.6 is 0 Å². The summed E-state index contributed by atoms with van der Waals surface area (Å²) in [6.45, 7) is 4.73. The summed E-state index contributed by atoms with van der Waals surface area (Å²) in [4.78, 5) is 2.32. The predicted octanol–water partition coefficient (Wildman–Crippen LogP) is 2.65. The molecule has 0 spiro atoms. The lowest BCUT2D eigenvalue weighted by molar-refractivity contribution is 0.126. The van der Waals surface area contributed by atoms with Gasteiger partial charge in [-0.2, -0.15) is 0 Å². The van der Waals surface area contributed by atoms with E-state index in [2.05, 4.69) is 4.90 Å². The van der Waals surface area contributed by atoms with Gasteiger partial charge in [0.05, 0.1) is 0 Å². The van der Waals surface area contributed by atoms with Crippen LogP contribution in [0.1, 0.15) is 37.8 Å². The minimum Gasteiger partial charge on any atom is -0.508 e. The lowest BCUT2D eigenvalue weighted by atomic mass is 9.92. The van der Waals surface area contributed by atoms with Crippen molar-refractivity contribution in [2.24, 2.45) is 11.7 Å². The Balaban J connectivity index is 2.10. The Labute approximate surface area is 114 Å². The van der Waals surface area contributed by atoms with Gasteiger partial charge in [0.1, 0.15) is 11.6 Å². The number of nitrogens with two attached hydrogens (primary N) is 1. The Hall–Kier alpha value is -1.13. The van der Waals surface area contributed by atoms with Gasteiger partial charge in [-0.25, -0.2) is 4.39 Å². The molecule has 3 nitrogen and oxygen atoms in total. The van der Waals surface area contributed by atoms with E-state index in [0.717, 1.165) is 32.5 Å². The van der Waals surface area contributed by atoms with Gasteiger partial charge in [-0.15, -0.1) is 0 Å². The van der Waals surface area contributed by atoms with Crippen LogP contribution in [-0.2, 0) is 0 Å². The zero-order chi connectivity index (χ0) is 13.8. The van der Waals surface area contributed by atoms with Gasteiger partial charge < -0.3 is 10.8 Å². The van der Waals surface area contributed by atoms with Crippen molar-refractivity contribution in [3.63, 3.8) is 0 Å². The molecule has 0 amide bonds. The molecule has 2 rings (SSSR count). The molecule has 0 aromatic heterocycles. The maximum absolute atomic E-state index is 13.3. The molecule has 3 N–H and O–H groups in total. The Bertz CT molecular complexity index is 423. The number of hydrogen-bond acceptors (Lipinski definition) is 3. The third kappa shape index (κ3) is 3.45. The van der Waals surface area contributed by atoms with Crippen molar-refractivity contribution in [3.8, 4) is 5.75 Å². The van der Waals surface area contributed by atoms with Crippen LogP contribution in [-0.4, -0.2) is 29.6 Å². The minimum absolute atomic E-state index is 0.0382. The molecule has 1 heterocycles. The van der Waals surface area contributed by atoms with Crippen LogP contribution in [0, 0.1) is 11.7 Å². The molecule has 19 heavy (non-hydrogen) atoms. The number of piperidine rings is 1. The van der Waals surface area contributed by atoms with Gasteiger partial charge in [0, 0.05) is 18.2 Å². The van der Waals surface area contributed by atoms with Crippen LogP contribution in [0.25, 0.3) is 0 Å². The van der Waals surface area contributed by atoms with Crippen molar-refractivity contribution in [1.82, 2.24) is 4.90 Å². The summed E-state index contributed by atoms with van der Waals surface area (Å²) in [5, 5.41) is 9.89. The van der Waals surface area contributed by atoms with Crippen LogP contribution in [0.4, 0.5) is 4.39 Å². The highest BCUT2D eigenvalue weighted by Gasteiger charge is 2.25. The van der Waals surface area contributed by atoms with E-state index >= 15 is 0 Å². The molecule has 2 atom stereocenters. The topological polar surface area (TPSA) is 49.5 Å². The molecule has 106 valence electrons. The monoisotopic (exact) mass is 266 g/mol. The fourth-order valence-corrected chi connectivity index (χ4v) is 2.98. The van der Waals surface area contributed by atoms with Crippen molar-refractivity contribution < 1.29 is 9.50 Å². The summed E-state index contributed by atoms with van der Waals surface area (Å²) in [5.41, 5.74) is 6.30. The number of rotatable bonds is 4. The standard InChI is InChI=1S/C15H23FN2O/c1-11(14-9-13(16)4-5-15(14)19)18-8-2-3-12(10-18)6-7-17/h4-5,9,11-12,19H,2-3,6-8,10,17H2,1H3. The smallest absolute Gasteiger partial charge is 0.123 e. The van der Waals surface area contributed by atoms with Crippen LogP contribution in [0.2, 0.25) is 0 Å². The van der Waals surface area contributed by atoms with E-state index in [1.54, 1.807) is 0 Å². The van der Waals surface area contributed by atoms with Crippen LogP contribution < -0.4 is 5.73 Å². The molecule has 0 aliphatic carbocycles. The third-order valence-corrected chi connectivity index (χ3v) is 4.11. The van der Waals surface area contributed by atoms with E-state index in [-0.39, 0.29) is 17.6 Å². The van der Waals surface area contributed by atoms with Gasteiger partial charge in [-0.3, -0.25) is 4.90 Å². The second-order valence-corrected chi connectivity index (χ2v) is 5.46. The van der Waals surface area contributed by atoms with Gasteiger partial charge in [-0.05, 0) is 63.4 Å². The van der Waals surface area contributed by atoms with E-state index in [1.807, 2.05) is 6.92 Å². The first-order valence-corrected chi connectivity index (χ1v) is 7.04. The maximum Gasteiger partial charge on any atom is 0.123 e. The molecule has 1 aromatic rings. The summed E-state index contributed by atoms with van der Waals surface area (Å²) in [6, 6.07) is 4.20. The highest BCUT2D eigenvalue weighted by Crippen LogP contribution is 2.32. The third-order valence-electron chi connectivity index (χ3n) is 4.11. The van der Waals surface area contributed by atoms with E-state index in [4.69, 9.17) is 5.73 Å². The zero-order valence-electron chi connectivity index (χ0n) is 11.5. The Kier molecular flexibility index (Phi) is 4.77. The van der Waals surface area contributed by atoms with Gasteiger partial charge >= 0.3 is 0 Å². The van der Waals surface area contributed by atoms with E-state index < -0.39 is 0 Å². The number of halogens is 1. The van der Waals surface area contributed by atoms with E-state index in [1.165, 1.54) is 24.6 Å². The largest absolute Gasteiger partial charge is 0.508 e. The van der Waals surface area contributed by atoms with Crippen LogP contribution in [0.15, 0.2) is 18.2 Å². The molecular weight excluding hydrogens is 243 g/mol. The number of nitrogens with zero attached hydrogens (tertiary/aromatic N) is 1. The first-order valence-electron chi connectivity index (χ1n) is 7.04. The molecule has 4 heteroatoms. The summed E-state index contributed by atoms with van der Waals surface area (Å²) in [5.74, 6) is 0.502. The number of phenols is 1. The maximum atomic E-state index is 13.3. The van der Waals surface area contributed by atoms with E-state index in [9.17, 15) is 9.50 Å². The predicted molar refractivity (Wildman–Crippen MR) is 74.4 cm³/mol. The van der Waals surface area contributed by atoms with Crippen molar-refractivity contribution in [3.05, 3.63) is 29.6 Å². The average Bonchev–Trinajstić information content (AvgIpc) is 2.41. The SMILES string of the molecule is CC(c1cc(F)ccc1O)N1CCCC(CCN)C1. The Morgan fingerprint density at radius 1 is 1.53 bits per heavy atom. The molecule has 2 unspecified atom stereocenters. The number of hydrogen-bond donors (Lipinski definition) is 2. The summed E-state index contributed by atoms with van der Waals surface area (Å²) in [6.07, 6.45) is 3.40. The lowest BCUT2D eigenvalue weighted by Crippen LogP contribution is -2.37. The van der Waals surface area contributed by atoms with Gasteiger partial charge in [0.2, 0.25) is 0 Å². The second kappa shape index (κ2) is 6.35. The highest BCUT2D eigenvalue weighted by atomic mass is 19.1. The summed E-state index contributed by atoms with van der Waals surface area (Å²) < 4.78 is 13.3. The van der Waals surface area contributed by atoms with Crippen molar-refractivity contribution >= 4 is 0 Å². The summed E-state index contributed by atoms with van der Waals surface area (Å²) >= 11 is 0. The highest BCUT2D eigenvalue weighted by molar-refractivity contribution is 5.35. The lowest BCUT2D eigenvalue weighted by Gasteiger charge is -2.37. The van der Waals surface area contributed by atoms with Crippen molar-refractivity contribution in [2.75, 3.05) is 19.6 Å². The molecule has 1 aliphatic rings. The minimum atomic E-state index is -0.296. The van der Waals surface area contributed by atoms with Gasteiger partial charge in [0.15, 0.2) is 0 Å². The first-order chi connectivity index (χ1) is 9.11. The molecule has 0 saturated carbocycles. The first kappa shape index (κ1) is 14.3. The quantitative estimate of drug-likeness (QED) is 0.881. The van der Waals surface area contributed by atoms with E-state index in [0.29, 0.717) is 11.5 Å². The fraction of sp³-hybridized carbons (Fsp3) is 0.600. The molecular formula is C15H23FN2O. The number of phenolic OH excluding ortho intramolecular Hbond substituents is 1. The number of aromatic hydroxyl groups is 1. The Morgan fingerprint density at radius 3 is 3.05 bits per heavy atom. The molecule has 0 radical (unpaired) electrons. The van der Waals surface area contributed by atoms with Crippen LogP contribution in [0.3, 0.4) is 0 Å². The number of benzene rings is 1. The van der Waals surface area contributed by atoms with Gasteiger partial charge in [-0.1, -0.05) is 0 Å². The zero-order valence-corrected chi connectivity index (χ0v) is 11.5. The van der Waals surface area contributed by atoms with Crippen molar-refractivity contribution in [1.29, 1.82) is 0 Å². The number of likely N-dealkylation sites (tertiary alicyclic amines) is 1. The summed E-state index contributed by atoms with van der Waals surface area (Å²) in [7, 11) is 0. The molecule has 1 aliphatic heterocycles. The average molecular weight is 266 g/mol. The van der Waals surface area contributed by atoms with Gasteiger partial charge in [0.25, 0.3) is 0 Å². The Morgan fingerprint density at radius 2 is 2.32 bits per heavy atom. The van der Waals surface area contributed by atoms with Crippen LogP contribution in [0.5, 0.6) is 5.75 Å². The second-order valence-electron chi connectivity index (χ2n) is 5.46. The molecule has 1 fully saturated rings. The molecule has 1 aromatic carbocycles. The normalized spacial score (nSPS) is 22.4. The van der Waals surface area contributed by atoms with Crippen molar-refractivity contribution in [2.45, 2.75) is 32.2 Å². The molecule has 1 saturated heterocycles. The fourth-order valence-electron chi connectivity index (χ4n) is 2.98.